The Morgan fingerprint density at radius 3 is 2.71 bits per heavy atom. The fraction of sp³-hybridized carbons (Fsp3) is 0.500. The van der Waals surface area contributed by atoms with Crippen molar-refractivity contribution < 1.29 is 8.42 Å². The van der Waals surface area contributed by atoms with Crippen molar-refractivity contribution in [2.24, 2.45) is 13.0 Å². The molecule has 1 fully saturated rings. The van der Waals surface area contributed by atoms with Crippen LogP contribution in [0.4, 0.5) is 0 Å². The van der Waals surface area contributed by atoms with Crippen LogP contribution in [-0.2, 0) is 16.9 Å². The molecule has 2 heterocycles. The number of hydrogen-bond donors (Lipinski definition) is 0. The predicted molar refractivity (Wildman–Crippen MR) is 78.5 cm³/mol. The molecule has 0 saturated heterocycles. The van der Waals surface area contributed by atoms with Gasteiger partial charge in [0.2, 0.25) is 15.0 Å². The molecule has 3 rings (SSSR count). The third-order valence-corrected chi connectivity index (χ3v) is 4.85. The second-order valence-corrected chi connectivity index (χ2v) is 7.60. The van der Waals surface area contributed by atoms with E-state index in [4.69, 9.17) is 0 Å². The molecule has 1 saturated carbocycles. The summed E-state index contributed by atoms with van der Waals surface area (Å²) in [4.78, 5) is 8.04. The van der Waals surface area contributed by atoms with Gasteiger partial charge >= 0.3 is 0 Å². The zero-order valence-corrected chi connectivity index (χ0v) is 13.1. The first-order valence-electron chi connectivity index (χ1n) is 6.93. The lowest BCUT2D eigenvalue weighted by Crippen LogP contribution is -2.07. The van der Waals surface area contributed by atoms with Crippen LogP contribution in [0.15, 0.2) is 23.6 Å². The predicted octanol–water partition coefficient (Wildman–Crippen LogP) is 1.79. The van der Waals surface area contributed by atoms with Crippen molar-refractivity contribution in [3.63, 3.8) is 0 Å². The molecule has 7 heteroatoms. The lowest BCUT2D eigenvalue weighted by Gasteiger charge is -2.13. The van der Waals surface area contributed by atoms with Gasteiger partial charge in [-0.05, 0) is 24.8 Å². The number of nitrogens with zero attached hydrogens (tertiary/aromatic N) is 4. The van der Waals surface area contributed by atoms with Crippen molar-refractivity contribution in [1.82, 2.24) is 19.7 Å². The Bertz CT molecular complexity index is 778. The van der Waals surface area contributed by atoms with E-state index in [9.17, 15) is 8.42 Å². The molecule has 1 aliphatic carbocycles. The van der Waals surface area contributed by atoms with Gasteiger partial charge in [-0.3, -0.25) is 4.68 Å². The Morgan fingerprint density at radius 1 is 1.38 bits per heavy atom. The van der Waals surface area contributed by atoms with Gasteiger partial charge in [-0.15, -0.1) is 0 Å². The number of hydrogen-bond acceptors (Lipinski definition) is 5. The van der Waals surface area contributed by atoms with Crippen molar-refractivity contribution in [3.8, 4) is 11.3 Å². The van der Waals surface area contributed by atoms with Crippen molar-refractivity contribution >= 4 is 9.84 Å². The molecule has 0 spiro atoms. The van der Waals surface area contributed by atoms with E-state index in [0.717, 1.165) is 17.5 Å². The van der Waals surface area contributed by atoms with Crippen LogP contribution in [0.25, 0.3) is 11.3 Å². The minimum Gasteiger partial charge on any atom is -0.272 e. The van der Waals surface area contributed by atoms with Crippen LogP contribution in [0.5, 0.6) is 0 Å². The minimum absolute atomic E-state index is 0.145. The van der Waals surface area contributed by atoms with Crippen LogP contribution in [-0.4, -0.2) is 34.4 Å². The van der Waals surface area contributed by atoms with Gasteiger partial charge in [0.1, 0.15) is 0 Å². The van der Waals surface area contributed by atoms with Gasteiger partial charge in [0.25, 0.3) is 0 Å². The first kappa shape index (κ1) is 14.2. The van der Waals surface area contributed by atoms with E-state index in [1.807, 2.05) is 11.7 Å². The molecule has 6 nitrogen and oxygen atoms in total. The zero-order valence-electron chi connectivity index (χ0n) is 12.3. The highest BCUT2D eigenvalue weighted by atomic mass is 32.2. The zero-order chi connectivity index (χ0) is 15.2. The molecule has 1 unspecified atom stereocenters. The number of sulfone groups is 1. The molecule has 0 radical (unpaired) electrons. The molecule has 0 N–H and O–H groups in total. The number of rotatable bonds is 4. The Morgan fingerprint density at radius 2 is 2.10 bits per heavy atom. The van der Waals surface area contributed by atoms with Crippen molar-refractivity contribution in [2.75, 3.05) is 6.26 Å². The third kappa shape index (κ3) is 2.70. The summed E-state index contributed by atoms with van der Waals surface area (Å²) < 4.78 is 25.1. The molecule has 21 heavy (non-hydrogen) atoms. The van der Waals surface area contributed by atoms with Crippen LogP contribution in [0.2, 0.25) is 0 Å². The topological polar surface area (TPSA) is 77.7 Å². The normalized spacial score (nSPS) is 16.9. The maximum absolute atomic E-state index is 11.6. The fourth-order valence-electron chi connectivity index (χ4n) is 2.67. The Balaban J connectivity index is 2.09. The van der Waals surface area contributed by atoms with E-state index >= 15 is 0 Å². The number of aromatic nitrogens is 4. The monoisotopic (exact) mass is 306 g/mol. The second-order valence-electron chi connectivity index (χ2n) is 5.69. The van der Waals surface area contributed by atoms with Gasteiger partial charge in [-0.1, -0.05) is 6.92 Å². The summed E-state index contributed by atoms with van der Waals surface area (Å²) in [5, 5.41) is 4.18. The summed E-state index contributed by atoms with van der Waals surface area (Å²) in [5.74, 6) is 1.08. The summed E-state index contributed by atoms with van der Waals surface area (Å²) in [6.45, 7) is 2.19. The van der Waals surface area contributed by atoms with Crippen LogP contribution in [0, 0.1) is 5.92 Å². The van der Waals surface area contributed by atoms with Crippen molar-refractivity contribution in [2.45, 2.75) is 30.8 Å². The lowest BCUT2D eigenvalue weighted by atomic mass is 9.97. The summed E-state index contributed by atoms with van der Waals surface area (Å²) in [5.41, 5.74) is 2.61. The molecular weight excluding hydrogens is 288 g/mol. The molecule has 1 atom stereocenters. The van der Waals surface area contributed by atoms with Gasteiger partial charge in [0, 0.05) is 31.0 Å². The highest BCUT2D eigenvalue weighted by Gasteiger charge is 2.32. The molecule has 0 aromatic carbocycles. The summed E-state index contributed by atoms with van der Waals surface area (Å²) in [7, 11) is -1.50. The molecular formula is C14H18N4O2S. The SMILES string of the molecule is CC(c1c(-c2ccnc(S(C)(=O)=O)n2)cnn1C)C1CC1. The standard InChI is InChI=1S/C14H18N4O2S/c1-9(10-4-5-10)13-11(8-16-18(13)2)12-6-7-15-14(17-12)21(3,19)20/h6-10H,4-5H2,1-3H3. The fourth-order valence-corrected chi connectivity index (χ4v) is 3.19. The maximum atomic E-state index is 11.6. The van der Waals surface area contributed by atoms with Gasteiger partial charge in [0.15, 0.2) is 0 Å². The maximum Gasteiger partial charge on any atom is 0.247 e. The summed E-state index contributed by atoms with van der Waals surface area (Å²) in [6, 6.07) is 1.73. The van der Waals surface area contributed by atoms with Gasteiger partial charge in [-0.25, -0.2) is 18.4 Å². The van der Waals surface area contributed by atoms with E-state index in [2.05, 4.69) is 22.0 Å². The van der Waals surface area contributed by atoms with Crippen LogP contribution < -0.4 is 0 Å². The average molecular weight is 306 g/mol. The lowest BCUT2D eigenvalue weighted by molar-refractivity contribution is 0.587. The molecule has 2 aromatic heterocycles. The second kappa shape index (κ2) is 4.91. The Hall–Kier alpha value is -1.76. The van der Waals surface area contributed by atoms with Gasteiger partial charge < -0.3 is 0 Å². The minimum atomic E-state index is -3.41. The Kier molecular flexibility index (Phi) is 3.32. The van der Waals surface area contributed by atoms with E-state index in [0.29, 0.717) is 17.5 Å². The first-order chi connectivity index (χ1) is 9.88. The number of aryl methyl sites for hydroxylation is 1. The van der Waals surface area contributed by atoms with E-state index in [1.54, 1.807) is 12.3 Å². The molecule has 0 aliphatic heterocycles. The van der Waals surface area contributed by atoms with Crippen LogP contribution >= 0.6 is 0 Å². The molecule has 1 aliphatic rings. The largest absolute Gasteiger partial charge is 0.272 e. The van der Waals surface area contributed by atoms with Gasteiger partial charge in [0.05, 0.1) is 17.6 Å². The Labute approximate surface area is 124 Å². The molecule has 112 valence electrons. The highest BCUT2D eigenvalue weighted by Crippen LogP contribution is 2.44. The summed E-state index contributed by atoms with van der Waals surface area (Å²) >= 11 is 0. The van der Waals surface area contributed by atoms with E-state index in [-0.39, 0.29) is 5.16 Å². The highest BCUT2D eigenvalue weighted by molar-refractivity contribution is 7.90. The molecule has 0 bridgehead atoms. The van der Waals surface area contributed by atoms with Crippen molar-refractivity contribution in [1.29, 1.82) is 0 Å². The van der Waals surface area contributed by atoms with E-state index < -0.39 is 9.84 Å². The van der Waals surface area contributed by atoms with Gasteiger partial charge in [-0.2, -0.15) is 5.10 Å². The average Bonchev–Trinajstić information content (AvgIpc) is 3.20. The summed E-state index contributed by atoms with van der Waals surface area (Å²) in [6.07, 6.45) is 6.83. The first-order valence-corrected chi connectivity index (χ1v) is 8.82. The molecule has 2 aromatic rings. The third-order valence-electron chi connectivity index (χ3n) is 3.99. The van der Waals surface area contributed by atoms with E-state index in [1.165, 1.54) is 19.0 Å². The van der Waals surface area contributed by atoms with Crippen LogP contribution in [0.3, 0.4) is 0 Å². The van der Waals surface area contributed by atoms with Crippen molar-refractivity contribution in [3.05, 3.63) is 24.2 Å². The quantitative estimate of drug-likeness (QED) is 0.805. The smallest absolute Gasteiger partial charge is 0.247 e. The molecule has 0 amide bonds. The van der Waals surface area contributed by atoms with Crippen LogP contribution in [0.1, 0.15) is 31.4 Å².